The number of carbonyl (C=O) groups is 2. The molecule has 0 bridgehead atoms. The van der Waals surface area contributed by atoms with Crippen molar-refractivity contribution >= 4 is 34.0 Å². The first-order chi connectivity index (χ1) is 19.2. The number of hydrogen-bond donors (Lipinski definition) is 2. The molecule has 2 N–H and O–H groups in total. The van der Waals surface area contributed by atoms with Crippen LogP contribution in [0.15, 0.2) is 95.4 Å². The number of carbonyl (C=O) groups excluding carboxylic acids is 1. The molecule has 1 aromatic heterocycles. The molecular weight excluding hydrogens is 502 g/mol. The maximum Gasteiger partial charge on any atom is 0.408 e. The number of carboxylic acids is 1. The number of nitrogens with one attached hydrogen (secondary N) is 1. The van der Waals surface area contributed by atoms with Crippen LogP contribution in [0.4, 0.5) is 4.79 Å². The van der Waals surface area contributed by atoms with Crippen LogP contribution in [-0.2, 0) is 16.0 Å². The summed E-state index contributed by atoms with van der Waals surface area (Å²) < 4.78 is 11.4. The summed E-state index contributed by atoms with van der Waals surface area (Å²) in [6.07, 6.45) is 0.925. The maximum absolute atomic E-state index is 12.0. The van der Waals surface area contributed by atoms with Crippen LogP contribution in [0.1, 0.15) is 39.2 Å². The van der Waals surface area contributed by atoms with Crippen LogP contribution < -0.4 is 5.32 Å². The summed E-state index contributed by atoms with van der Waals surface area (Å²) in [5.74, 6) is -1.07. The van der Waals surface area contributed by atoms with Crippen LogP contribution in [0.5, 0.6) is 0 Å². The number of hydrogen-bond acceptors (Lipinski definition) is 4. The fourth-order valence-corrected chi connectivity index (χ4v) is 4.90. The van der Waals surface area contributed by atoms with Gasteiger partial charge in [0.1, 0.15) is 22.8 Å². The smallest absolute Gasteiger partial charge is 0.408 e. The molecule has 5 aromatic rings. The summed E-state index contributed by atoms with van der Waals surface area (Å²) in [4.78, 5) is 23.6. The second kappa shape index (κ2) is 11.3. The quantitative estimate of drug-likeness (QED) is 0.209. The first-order valence-corrected chi connectivity index (χ1v) is 13.5. The first-order valence-electron chi connectivity index (χ1n) is 13.5. The Kier molecular flexibility index (Phi) is 7.60. The van der Waals surface area contributed by atoms with E-state index in [9.17, 15) is 14.7 Å². The van der Waals surface area contributed by atoms with Crippen LogP contribution in [0.2, 0.25) is 0 Å². The Hall–Kier alpha value is -4.58. The predicted octanol–water partition coefficient (Wildman–Crippen LogP) is 8.22. The number of aliphatic carboxylic acids is 1. The molecule has 0 spiro atoms. The number of furan rings is 1. The molecule has 6 nitrogen and oxygen atoms in total. The van der Waals surface area contributed by atoms with Gasteiger partial charge < -0.3 is 19.6 Å². The minimum atomic E-state index is -1.07. The molecule has 1 amide bonds. The third-order valence-corrected chi connectivity index (χ3v) is 6.83. The van der Waals surface area contributed by atoms with E-state index < -0.39 is 23.7 Å². The summed E-state index contributed by atoms with van der Waals surface area (Å²) >= 11 is 0. The van der Waals surface area contributed by atoms with E-state index in [4.69, 9.17) is 9.15 Å². The molecule has 0 fully saturated rings. The molecular formula is C34H33NO5. The fraction of sp³-hybridized carbons (Fsp3) is 0.235. The highest BCUT2D eigenvalue weighted by Gasteiger charge is 2.23. The number of para-hydroxylation sites is 2. The molecule has 0 aliphatic carbocycles. The van der Waals surface area contributed by atoms with E-state index in [1.54, 1.807) is 20.8 Å². The molecule has 5 rings (SSSR count). The molecule has 1 heterocycles. The zero-order chi connectivity index (χ0) is 28.3. The van der Waals surface area contributed by atoms with Crippen LogP contribution >= 0.6 is 0 Å². The predicted molar refractivity (Wildman–Crippen MR) is 158 cm³/mol. The highest BCUT2D eigenvalue weighted by Crippen LogP contribution is 2.36. The number of carboxylic acid groups (broad SMARTS) is 1. The van der Waals surface area contributed by atoms with Gasteiger partial charge in [0, 0.05) is 16.3 Å². The zero-order valence-electron chi connectivity index (χ0n) is 22.9. The Morgan fingerprint density at radius 2 is 1.45 bits per heavy atom. The van der Waals surface area contributed by atoms with E-state index in [1.165, 1.54) is 0 Å². The van der Waals surface area contributed by atoms with E-state index in [2.05, 4.69) is 78.1 Å². The second-order valence-electron chi connectivity index (χ2n) is 11.0. The number of fused-ring (bicyclic) bond motifs is 3. The lowest BCUT2D eigenvalue weighted by Gasteiger charge is -2.22. The molecule has 204 valence electrons. The highest BCUT2D eigenvalue weighted by atomic mass is 16.6. The first kappa shape index (κ1) is 27.0. The molecule has 40 heavy (non-hydrogen) atoms. The van der Waals surface area contributed by atoms with Crippen molar-refractivity contribution in [2.75, 3.05) is 0 Å². The van der Waals surface area contributed by atoms with Gasteiger partial charge in [0.05, 0.1) is 0 Å². The molecule has 1 atom stereocenters. The number of ether oxygens (including phenoxy) is 1. The number of amides is 1. The van der Waals surface area contributed by atoms with Gasteiger partial charge in [-0.2, -0.15) is 0 Å². The van der Waals surface area contributed by atoms with Crippen molar-refractivity contribution in [3.63, 3.8) is 0 Å². The van der Waals surface area contributed by atoms with E-state index >= 15 is 0 Å². The minimum absolute atomic E-state index is 0.315. The molecule has 0 aliphatic rings. The van der Waals surface area contributed by atoms with Crippen LogP contribution in [0.3, 0.4) is 0 Å². The van der Waals surface area contributed by atoms with E-state index in [0.29, 0.717) is 19.3 Å². The monoisotopic (exact) mass is 535 g/mol. The Balaban J connectivity index is 1.22. The molecule has 0 aliphatic heterocycles. The standard InChI is InChI=1S/C34H33NO5/c1-34(2,3)40-33(38)35-29(32(36)37)12-6-8-22-14-16-23(17-15-22)24-18-20-25(21-19-24)26-10-7-11-28-27-9-4-5-13-30(27)39-31(26)28/h4-5,7,9-11,13-21,29H,6,8,12H2,1-3H3,(H,35,38)(H,36,37)/t29-/m0/s1. The van der Waals surface area contributed by atoms with E-state index in [0.717, 1.165) is 49.8 Å². The molecule has 0 saturated carbocycles. The number of rotatable bonds is 8. The third kappa shape index (κ3) is 6.18. The molecule has 0 radical (unpaired) electrons. The van der Waals surface area contributed by atoms with Crippen molar-refractivity contribution in [2.24, 2.45) is 0 Å². The topological polar surface area (TPSA) is 88.8 Å². The number of aryl methyl sites for hydroxylation is 1. The third-order valence-electron chi connectivity index (χ3n) is 6.83. The lowest BCUT2D eigenvalue weighted by molar-refractivity contribution is -0.139. The van der Waals surface area contributed by atoms with Crippen molar-refractivity contribution in [2.45, 2.75) is 51.7 Å². The lowest BCUT2D eigenvalue weighted by atomic mass is 9.97. The van der Waals surface area contributed by atoms with Crippen molar-refractivity contribution in [1.29, 1.82) is 0 Å². The van der Waals surface area contributed by atoms with Gasteiger partial charge in [-0.1, -0.05) is 84.9 Å². The second-order valence-corrected chi connectivity index (χ2v) is 11.0. The number of alkyl carbamates (subject to hydrolysis) is 1. The van der Waals surface area contributed by atoms with Crippen molar-refractivity contribution in [3.8, 4) is 22.3 Å². The van der Waals surface area contributed by atoms with Crippen molar-refractivity contribution in [1.82, 2.24) is 5.32 Å². The van der Waals surface area contributed by atoms with Gasteiger partial charge in [-0.25, -0.2) is 9.59 Å². The summed E-state index contributed by atoms with van der Waals surface area (Å²) in [7, 11) is 0. The maximum atomic E-state index is 12.0. The van der Waals surface area contributed by atoms with Gasteiger partial charge >= 0.3 is 12.1 Å². The molecule has 0 unspecified atom stereocenters. The molecule has 4 aromatic carbocycles. The Morgan fingerprint density at radius 1 is 0.825 bits per heavy atom. The summed E-state index contributed by atoms with van der Waals surface area (Å²) in [6.45, 7) is 5.22. The minimum Gasteiger partial charge on any atom is -0.480 e. The van der Waals surface area contributed by atoms with Crippen molar-refractivity contribution in [3.05, 3.63) is 96.6 Å². The Bertz CT molecular complexity index is 1640. The molecule has 0 saturated heterocycles. The van der Waals surface area contributed by atoms with Gasteiger partial charge in [0.15, 0.2) is 0 Å². The fourth-order valence-electron chi connectivity index (χ4n) is 4.90. The Labute approximate surface area is 233 Å². The SMILES string of the molecule is CC(C)(C)OC(=O)N[C@@H](CCCc1ccc(-c2ccc(-c3cccc4c3oc3ccccc34)cc2)cc1)C(=O)O. The average molecular weight is 536 g/mol. The summed E-state index contributed by atoms with van der Waals surface area (Å²) in [5.41, 5.74) is 6.59. The highest BCUT2D eigenvalue weighted by molar-refractivity contribution is 6.09. The van der Waals surface area contributed by atoms with Crippen LogP contribution in [0, 0.1) is 0 Å². The van der Waals surface area contributed by atoms with E-state index in [-0.39, 0.29) is 0 Å². The van der Waals surface area contributed by atoms with Crippen LogP contribution in [0.25, 0.3) is 44.2 Å². The summed E-state index contributed by atoms with van der Waals surface area (Å²) in [5, 5.41) is 14.2. The van der Waals surface area contributed by atoms with Gasteiger partial charge in [-0.15, -0.1) is 0 Å². The number of benzene rings is 4. The van der Waals surface area contributed by atoms with Gasteiger partial charge in [-0.3, -0.25) is 0 Å². The average Bonchev–Trinajstić information content (AvgIpc) is 3.31. The van der Waals surface area contributed by atoms with Crippen molar-refractivity contribution < 1.29 is 23.8 Å². The Morgan fingerprint density at radius 3 is 2.12 bits per heavy atom. The zero-order valence-corrected chi connectivity index (χ0v) is 22.9. The van der Waals surface area contributed by atoms with E-state index in [1.807, 2.05) is 18.2 Å². The summed E-state index contributed by atoms with van der Waals surface area (Å²) in [6, 6.07) is 30.1. The lowest BCUT2D eigenvalue weighted by Crippen LogP contribution is -2.43. The van der Waals surface area contributed by atoms with Gasteiger partial charge in [0.25, 0.3) is 0 Å². The van der Waals surface area contributed by atoms with Crippen LogP contribution in [-0.4, -0.2) is 28.8 Å². The largest absolute Gasteiger partial charge is 0.480 e. The van der Waals surface area contributed by atoms with Gasteiger partial charge in [0.2, 0.25) is 0 Å². The van der Waals surface area contributed by atoms with Gasteiger partial charge in [-0.05, 0) is 68.4 Å². The normalized spacial score (nSPS) is 12.4. The molecule has 6 heteroatoms.